The predicted molar refractivity (Wildman–Crippen MR) is 80.7 cm³/mol. The Morgan fingerprint density at radius 3 is 2.63 bits per heavy atom. The number of rotatable bonds is 3. The molecule has 0 aromatic heterocycles. The lowest BCUT2D eigenvalue weighted by Gasteiger charge is -2.10. The summed E-state index contributed by atoms with van der Waals surface area (Å²) in [5.41, 5.74) is 0.649. The molecule has 2 rings (SSSR count). The van der Waals surface area contributed by atoms with E-state index in [1.165, 1.54) is 0 Å². The van der Waals surface area contributed by atoms with E-state index in [-0.39, 0.29) is 22.2 Å². The van der Waals surface area contributed by atoms with Crippen molar-refractivity contribution in [3.8, 4) is 6.07 Å². The molecule has 0 aliphatic heterocycles. The Hall–Kier alpha value is -1.28. The van der Waals surface area contributed by atoms with Crippen LogP contribution in [0, 0.1) is 17.2 Å². The molecule has 19 heavy (non-hydrogen) atoms. The first-order chi connectivity index (χ1) is 9.02. The number of nitriles is 1. The Kier molecular flexibility index (Phi) is 4.31. The van der Waals surface area contributed by atoms with E-state index in [1.54, 1.807) is 18.2 Å². The Balaban J connectivity index is 2.21. The van der Waals surface area contributed by atoms with Gasteiger partial charge in [0.15, 0.2) is 0 Å². The molecule has 1 aliphatic carbocycles. The average Bonchev–Trinajstić information content (AvgIpc) is 3.17. The number of anilines is 1. The van der Waals surface area contributed by atoms with Gasteiger partial charge in [0.1, 0.15) is 22.4 Å². The highest BCUT2D eigenvalue weighted by molar-refractivity contribution is 7.81. The second-order valence-corrected chi connectivity index (χ2v) is 5.48. The number of hydrogen-bond donors (Lipinski definition) is 2. The van der Waals surface area contributed by atoms with Gasteiger partial charge in [0, 0.05) is 10.9 Å². The molecule has 0 atom stereocenters. The standard InChI is InChI=1S/C13H10Cl2N2OS/c14-8-3-4-11(10(15)5-8)17-13(19)9(6-16)12(18)7-1-2-7/h3-5,7,18H,1-2H2,(H,17,19)/b12-9-. The summed E-state index contributed by atoms with van der Waals surface area (Å²) in [5.74, 6) is 0.125. The number of hydrogen-bond acceptors (Lipinski definition) is 3. The molecule has 1 fully saturated rings. The van der Waals surface area contributed by atoms with Gasteiger partial charge in [-0.3, -0.25) is 0 Å². The molecular formula is C13H10Cl2N2OS. The molecule has 0 unspecified atom stereocenters. The minimum absolute atomic E-state index is 0.0603. The Labute approximate surface area is 126 Å². The largest absolute Gasteiger partial charge is 0.511 e. The summed E-state index contributed by atoms with van der Waals surface area (Å²) >= 11 is 16.9. The van der Waals surface area contributed by atoms with Crippen LogP contribution in [0.2, 0.25) is 10.0 Å². The van der Waals surface area contributed by atoms with Gasteiger partial charge in [0.2, 0.25) is 0 Å². The van der Waals surface area contributed by atoms with Crippen LogP contribution in [0.3, 0.4) is 0 Å². The number of aliphatic hydroxyl groups is 1. The van der Waals surface area contributed by atoms with Crippen LogP contribution in [0.5, 0.6) is 0 Å². The molecule has 1 aromatic rings. The minimum atomic E-state index is 0.0603. The zero-order valence-corrected chi connectivity index (χ0v) is 12.1. The average molecular weight is 313 g/mol. The quantitative estimate of drug-likeness (QED) is 0.374. The Bertz CT molecular complexity index is 603. The first kappa shape index (κ1) is 14.1. The van der Waals surface area contributed by atoms with Crippen LogP contribution < -0.4 is 5.32 Å². The third-order valence-electron chi connectivity index (χ3n) is 2.74. The van der Waals surface area contributed by atoms with Crippen molar-refractivity contribution in [2.24, 2.45) is 5.92 Å². The van der Waals surface area contributed by atoms with E-state index < -0.39 is 0 Å². The normalized spacial score (nSPS) is 15.4. The molecule has 1 aliphatic rings. The topological polar surface area (TPSA) is 56.0 Å². The van der Waals surface area contributed by atoms with E-state index in [0.717, 1.165) is 12.8 Å². The van der Waals surface area contributed by atoms with Crippen molar-refractivity contribution in [2.45, 2.75) is 12.8 Å². The van der Waals surface area contributed by atoms with E-state index in [2.05, 4.69) is 5.32 Å². The molecule has 0 heterocycles. The van der Waals surface area contributed by atoms with Crippen molar-refractivity contribution < 1.29 is 5.11 Å². The highest BCUT2D eigenvalue weighted by Gasteiger charge is 2.29. The van der Waals surface area contributed by atoms with Crippen molar-refractivity contribution in [1.82, 2.24) is 0 Å². The van der Waals surface area contributed by atoms with E-state index in [0.29, 0.717) is 15.7 Å². The molecule has 0 saturated heterocycles. The molecule has 3 nitrogen and oxygen atoms in total. The van der Waals surface area contributed by atoms with Gasteiger partial charge in [-0.05, 0) is 31.0 Å². The molecule has 0 amide bonds. The maximum atomic E-state index is 9.89. The minimum Gasteiger partial charge on any atom is -0.511 e. The summed E-state index contributed by atoms with van der Waals surface area (Å²) in [5, 5.41) is 22.7. The molecule has 6 heteroatoms. The van der Waals surface area contributed by atoms with Gasteiger partial charge in [-0.25, -0.2) is 0 Å². The van der Waals surface area contributed by atoms with Gasteiger partial charge < -0.3 is 10.4 Å². The van der Waals surface area contributed by atoms with Crippen molar-refractivity contribution in [2.75, 3.05) is 5.32 Å². The molecule has 0 radical (unpaired) electrons. The second kappa shape index (κ2) is 5.79. The third-order valence-corrected chi connectivity index (χ3v) is 3.59. The summed E-state index contributed by atoms with van der Waals surface area (Å²) < 4.78 is 0. The molecule has 1 aromatic carbocycles. The van der Waals surface area contributed by atoms with Gasteiger partial charge in [0.05, 0.1) is 10.7 Å². The van der Waals surface area contributed by atoms with E-state index >= 15 is 0 Å². The van der Waals surface area contributed by atoms with Crippen LogP contribution in [0.4, 0.5) is 5.69 Å². The van der Waals surface area contributed by atoms with Crippen LogP contribution in [-0.4, -0.2) is 10.1 Å². The predicted octanol–water partition coefficient (Wildman–Crippen LogP) is 4.48. The van der Waals surface area contributed by atoms with E-state index in [1.807, 2.05) is 6.07 Å². The number of thiocarbonyl (C=S) groups is 1. The van der Waals surface area contributed by atoms with Crippen molar-refractivity contribution >= 4 is 46.1 Å². The van der Waals surface area contributed by atoms with E-state index in [9.17, 15) is 5.11 Å². The zero-order valence-electron chi connectivity index (χ0n) is 9.78. The number of nitrogens with zero attached hydrogens (tertiary/aromatic N) is 1. The summed E-state index contributed by atoms with van der Waals surface area (Å²) in [6, 6.07) is 6.83. The van der Waals surface area contributed by atoms with Gasteiger partial charge in [0.25, 0.3) is 0 Å². The summed E-state index contributed by atoms with van der Waals surface area (Å²) in [7, 11) is 0. The van der Waals surface area contributed by atoms with Crippen LogP contribution in [-0.2, 0) is 0 Å². The number of halogens is 2. The smallest absolute Gasteiger partial charge is 0.125 e. The third kappa shape index (κ3) is 3.38. The summed E-state index contributed by atoms with van der Waals surface area (Å²) in [6.07, 6.45) is 1.78. The van der Waals surface area contributed by atoms with Crippen LogP contribution in [0.25, 0.3) is 0 Å². The van der Waals surface area contributed by atoms with Gasteiger partial charge in [-0.2, -0.15) is 5.26 Å². The highest BCUT2D eigenvalue weighted by atomic mass is 35.5. The maximum Gasteiger partial charge on any atom is 0.125 e. The SMILES string of the molecule is N#C/C(C(=S)Nc1ccc(Cl)cc1Cl)=C(/O)C1CC1. The molecular weight excluding hydrogens is 303 g/mol. The molecule has 0 bridgehead atoms. The summed E-state index contributed by atoms with van der Waals surface area (Å²) in [4.78, 5) is 0.163. The lowest BCUT2D eigenvalue weighted by molar-refractivity contribution is 0.377. The van der Waals surface area contributed by atoms with Crippen molar-refractivity contribution in [3.05, 3.63) is 39.6 Å². The summed E-state index contributed by atoms with van der Waals surface area (Å²) in [6.45, 7) is 0. The van der Waals surface area contributed by atoms with Gasteiger partial charge >= 0.3 is 0 Å². The van der Waals surface area contributed by atoms with Gasteiger partial charge in [-0.15, -0.1) is 0 Å². The first-order valence-electron chi connectivity index (χ1n) is 5.62. The van der Waals surface area contributed by atoms with Gasteiger partial charge in [-0.1, -0.05) is 35.4 Å². The number of allylic oxidation sites excluding steroid dienone is 1. The Morgan fingerprint density at radius 2 is 2.11 bits per heavy atom. The second-order valence-electron chi connectivity index (χ2n) is 4.22. The fraction of sp³-hybridized carbons (Fsp3) is 0.231. The van der Waals surface area contributed by atoms with E-state index in [4.69, 9.17) is 40.7 Å². The highest BCUT2D eigenvalue weighted by Crippen LogP contribution is 2.37. The van der Waals surface area contributed by atoms with Crippen LogP contribution in [0.1, 0.15) is 12.8 Å². The first-order valence-corrected chi connectivity index (χ1v) is 6.79. The number of benzene rings is 1. The fourth-order valence-electron chi connectivity index (χ4n) is 1.56. The number of aliphatic hydroxyl groups excluding tert-OH is 1. The molecule has 98 valence electrons. The zero-order chi connectivity index (χ0) is 14.0. The molecule has 1 saturated carbocycles. The van der Waals surface area contributed by atoms with Crippen LogP contribution in [0.15, 0.2) is 29.5 Å². The lowest BCUT2D eigenvalue weighted by Crippen LogP contribution is -2.14. The number of nitrogens with one attached hydrogen (secondary N) is 1. The molecule has 2 N–H and O–H groups in total. The maximum absolute atomic E-state index is 9.89. The fourth-order valence-corrected chi connectivity index (χ4v) is 2.28. The molecule has 0 spiro atoms. The Morgan fingerprint density at radius 1 is 1.42 bits per heavy atom. The monoisotopic (exact) mass is 312 g/mol. The van der Waals surface area contributed by atoms with Crippen molar-refractivity contribution in [1.29, 1.82) is 5.26 Å². The van der Waals surface area contributed by atoms with Crippen LogP contribution >= 0.6 is 35.4 Å². The van der Waals surface area contributed by atoms with Crippen molar-refractivity contribution in [3.63, 3.8) is 0 Å². The lowest BCUT2D eigenvalue weighted by atomic mass is 10.2.